The van der Waals surface area contributed by atoms with E-state index in [0.717, 1.165) is 6.26 Å². The van der Waals surface area contributed by atoms with Gasteiger partial charge in [0, 0.05) is 31.3 Å². The van der Waals surface area contributed by atoms with Crippen molar-refractivity contribution in [1.82, 2.24) is 4.72 Å². The minimum absolute atomic E-state index is 0.0512. The van der Waals surface area contributed by atoms with Gasteiger partial charge in [-0.05, 0) is 31.2 Å². The summed E-state index contributed by atoms with van der Waals surface area (Å²) in [6.45, 7) is 3.22. The Hall–Kier alpha value is -1.73. The highest BCUT2D eigenvalue weighted by Crippen LogP contribution is 2.15. The fourth-order valence-electron chi connectivity index (χ4n) is 1.69. The van der Waals surface area contributed by atoms with Gasteiger partial charge >= 0.3 is 0 Å². The zero-order chi connectivity index (χ0) is 15.3. The fourth-order valence-corrected chi connectivity index (χ4v) is 2.15. The fraction of sp³-hybridized carbons (Fsp3) is 0.385. The van der Waals surface area contributed by atoms with E-state index in [1.165, 1.54) is 18.7 Å². The Kier molecular flexibility index (Phi) is 5.41. The first-order chi connectivity index (χ1) is 9.20. The smallest absolute Gasteiger partial charge is 0.223 e. The molecule has 1 amide bonds. The first-order valence-electron chi connectivity index (χ1n) is 6.04. The van der Waals surface area contributed by atoms with Gasteiger partial charge in [-0.25, -0.2) is 13.1 Å². The third-order valence-electron chi connectivity index (χ3n) is 2.67. The number of carbonyl (C=O) groups is 2. The maximum atomic E-state index is 11.6. The van der Waals surface area contributed by atoms with Crippen molar-refractivity contribution in [3.63, 3.8) is 0 Å². The predicted octanol–water partition coefficient (Wildman–Crippen LogP) is 0.791. The summed E-state index contributed by atoms with van der Waals surface area (Å²) >= 11 is 0. The highest BCUT2D eigenvalue weighted by atomic mass is 32.2. The van der Waals surface area contributed by atoms with Crippen molar-refractivity contribution in [1.29, 1.82) is 0 Å². The van der Waals surface area contributed by atoms with Crippen molar-refractivity contribution < 1.29 is 18.0 Å². The third-order valence-corrected chi connectivity index (χ3v) is 3.39. The largest absolute Gasteiger partial charge is 0.311 e. The second-order valence-corrected chi connectivity index (χ2v) is 6.27. The topological polar surface area (TPSA) is 83.6 Å². The van der Waals surface area contributed by atoms with Crippen LogP contribution in [0.3, 0.4) is 0 Å². The Morgan fingerprint density at radius 2 is 1.70 bits per heavy atom. The summed E-state index contributed by atoms with van der Waals surface area (Å²) < 4.78 is 24.3. The lowest BCUT2D eigenvalue weighted by Crippen LogP contribution is -2.37. The number of sulfonamides is 1. The molecule has 0 heterocycles. The molecule has 0 fully saturated rings. The molecule has 7 heteroatoms. The molecule has 1 rings (SSSR count). The molecule has 0 aliphatic heterocycles. The van der Waals surface area contributed by atoms with Gasteiger partial charge in [-0.3, -0.25) is 9.59 Å². The van der Waals surface area contributed by atoms with Crippen LogP contribution in [-0.2, 0) is 14.8 Å². The second kappa shape index (κ2) is 6.62. The van der Waals surface area contributed by atoms with E-state index in [9.17, 15) is 18.0 Å². The van der Waals surface area contributed by atoms with Crippen LogP contribution in [0.1, 0.15) is 24.2 Å². The van der Waals surface area contributed by atoms with Crippen LogP contribution in [0.25, 0.3) is 0 Å². The van der Waals surface area contributed by atoms with Crippen LogP contribution < -0.4 is 9.62 Å². The SMILES string of the molecule is CC(=O)c1ccc(N(CCNS(C)(=O)=O)C(C)=O)cc1. The van der Waals surface area contributed by atoms with Crippen molar-refractivity contribution >= 4 is 27.4 Å². The first-order valence-corrected chi connectivity index (χ1v) is 7.93. The Bertz CT molecular complexity index is 593. The predicted molar refractivity (Wildman–Crippen MR) is 77.3 cm³/mol. The summed E-state index contributed by atoms with van der Waals surface area (Å²) in [4.78, 5) is 24.2. The average Bonchev–Trinajstić information content (AvgIpc) is 2.33. The Morgan fingerprint density at radius 3 is 2.10 bits per heavy atom. The molecule has 1 N–H and O–H groups in total. The van der Waals surface area contributed by atoms with E-state index in [1.54, 1.807) is 24.3 Å². The molecule has 0 aliphatic rings. The molecule has 0 spiro atoms. The minimum Gasteiger partial charge on any atom is -0.311 e. The summed E-state index contributed by atoms with van der Waals surface area (Å²) in [5, 5.41) is 0. The monoisotopic (exact) mass is 298 g/mol. The molecular weight excluding hydrogens is 280 g/mol. The van der Waals surface area contributed by atoms with Crippen molar-refractivity contribution in [2.75, 3.05) is 24.2 Å². The molecule has 0 aromatic heterocycles. The Morgan fingerprint density at radius 1 is 1.15 bits per heavy atom. The lowest BCUT2D eigenvalue weighted by atomic mass is 10.1. The maximum absolute atomic E-state index is 11.6. The van der Waals surface area contributed by atoms with Crippen LogP contribution in [0.5, 0.6) is 0 Å². The van der Waals surface area contributed by atoms with Gasteiger partial charge in [-0.15, -0.1) is 0 Å². The second-order valence-electron chi connectivity index (χ2n) is 4.44. The lowest BCUT2D eigenvalue weighted by Gasteiger charge is -2.21. The normalized spacial score (nSPS) is 11.2. The van der Waals surface area contributed by atoms with Gasteiger partial charge in [0.25, 0.3) is 0 Å². The summed E-state index contributed by atoms with van der Waals surface area (Å²) in [5.74, 6) is -0.249. The van der Waals surface area contributed by atoms with Gasteiger partial charge in [0.1, 0.15) is 0 Å². The van der Waals surface area contributed by atoms with Crippen LogP contribution in [0.4, 0.5) is 5.69 Å². The highest BCUT2D eigenvalue weighted by Gasteiger charge is 2.12. The molecule has 0 saturated carbocycles. The molecule has 0 radical (unpaired) electrons. The number of nitrogens with zero attached hydrogens (tertiary/aromatic N) is 1. The standard InChI is InChI=1S/C13H18N2O4S/c1-10(16)12-4-6-13(7-5-12)15(11(2)17)9-8-14-20(3,18)19/h4-7,14H,8-9H2,1-3H3. The number of rotatable bonds is 6. The summed E-state index contributed by atoms with van der Waals surface area (Å²) in [6.07, 6.45) is 1.06. The molecule has 0 unspecified atom stereocenters. The summed E-state index contributed by atoms with van der Waals surface area (Å²) in [6, 6.07) is 6.60. The molecule has 1 aromatic rings. The van der Waals surface area contributed by atoms with Crippen LogP contribution in [-0.4, -0.2) is 39.5 Å². The van der Waals surface area contributed by atoms with E-state index in [4.69, 9.17) is 0 Å². The number of Topliss-reactive ketones (excluding diaryl/α,β-unsaturated/α-hetero) is 1. The zero-order valence-corrected chi connectivity index (χ0v) is 12.5. The number of ketones is 1. The molecule has 20 heavy (non-hydrogen) atoms. The van der Waals surface area contributed by atoms with Crippen LogP contribution in [0, 0.1) is 0 Å². The molecule has 0 saturated heterocycles. The number of carbonyl (C=O) groups excluding carboxylic acids is 2. The number of nitrogens with one attached hydrogen (secondary N) is 1. The van der Waals surface area contributed by atoms with Crippen molar-refractivity contribution in [2.45, 2.75) is 13.8 Å². The van der Waals surface area contributed by atoms with Crippen LogP contribution in [0.15, 0.2) is 24.3 Å². The first kappa shape index (κ1) is 16.3. The van der Waals surface area contributed by atoms with Crippen LogP contribution in [0.2, 0.25) is 0 Å². The van der Waals surface area contributed by atoms with Gasteiger partial charge in [0.2, 0.25) is 15.9 Å². The number of anilines is 1. The van der Waals surface area contributed by atoms with Crippen molar-refractivity contribution in [3.8, 4) is 0 Å². The van der Waals surface area contributed by atoms with E-state index in [-0.39, 0.29) is 24.8 Å². The molecule has 0 aliphatic carbocycles. The van der Waals surface area contributed by atoms with Gasteiger partial charge < -0.3 is 4.90 Å². The van der Waals surface area contributed by atoms with Crippen molar-refractivity contribution in [2.24, 2.45) is 0 Å². The van der Waals surface area contributed by atoms with Crippen LogP contribution >= 0.6 is 0 Å². The third kappa shape index (κ3) is 5.10. The summed E-state index contributed by atoms with van der Waals surface area (Å²) in [7, 11) is -3.28. The molecule has 6 nitrogen and oxygen atoms in total. The zero-order valence-electron chi connectivity index (χ0n) is 11.7. The average molecular weight is 298 g/mol. The number of benzene rings is 1. The Labute approximate surface area is 118 Å². The van der Waals surface area contributed by atoms with E-state index in [0.29, 0.717) is 11.3 Å². The summed E-state index contributed by atoms with van der Waals surface area (Å²) in [5.41, 5.74) is 1.18. The van der Waals surface area contributed by atoms with E-state index >= 15 is 0 Å². The van der Waals surface area contributed by atoms with Crippen molar-refractivity contribution in [3.05, 3.63) is 29.8 Å². The quantitative estimate of drug-likeness (QED) is 0.787. The molecule has 0 bridgehead atoms. The highest BCUT2D eigenvalue weighted by molar-refractivity contribution is 7.88. The molecule has 0 atom stereocenters. The molecular formula is C13H18N2O4S. The molecule has 110 valence electrons. The lowest BCUT2D eigenvalue weighted by molar-refractivity contribution is -0.116. The van der Waals surface area contributed by atoms with E-state index in [1.807, 2.05) is 0 Å². The van der Waals surface area contributed by atoms with Gasteiger partial charge in [0.15, 0.2) is 5.78 Å². The van der Waals surface area contributed by atoms with Gasteiger partial charge in [-0.2, -0.15) is 0 Å². The Balaban J connectivity index is 2.80. The maximum Gasteiger partial charge on any atom is 0.223 e. The molecule has 1 aromatic carbocycles. The van der Waals surface area contributed by atoms with E-state index < -0.39 is 10.0 Å². The number of hydrogen-bond donors (Lipinski definition) is 1. The minimum atomic E-state index is -3.28. The van der Waals surface area contributed by atoms with Gasteiger partial charge in [0.05, 0.1) is 6.26 Å². The number of hydrogen-bond acceptors (Lipinski definition) is 4. The number of amides is 1. The van der Waals surface area contributed by atoms with E-state index in [2.05, 4.69) is 4.72 Å². The van der Waals surface area contributed by atoms with Gasteiger partial charge in [-0.1, -0.05) is 0 Å².